The van der Waals surface area contributed by atoms with Crippen LogP contribution < -0.4 is 5.73 Å². The van der Waals surface area contributed by atoms with Gasteiger partial charge in [0.05, 0.1) is 5.69 Å². The maximum atomic E-state index is 13.4. The average molecular weight is 245 g/mol. The number of phenolic OH excluding ortho intramolecular Hbond substituents is 1. The fourth-order valence-electron chi connectivity index (χ4n) is 1.12. The van der Waals surface area contributed by atoms with E-state index >= 15 is 0 Å². The van der Waals surface area contributed by atoms with Crippen molar-refractivity contribution in [3.05, 3.63) is 23.3 Å². The second-order valence-electron chi connectivity index (χ2n) is 4.49. The number of aromatic hydroxyl groups is 1. The maximum Gasteiger partial charge on any atom is 0.341 e. The molecule has 4 nitrogen and oxygen atoms in total. The highest BCUT2D eigenvalue weighted by molar-refractivity contribution is 5.91. The second kappa shape index (κ2) is 4.20. The first-order valence-electron chi connectivity index (χ1n) is 4.83. The molecule has 0 bridgehead atoms. The van der Waals surface area contributed by atoms with Crippen molar-refractivity contribution in [3.8, 4) is 5.75 Å². The topological polar surface area (TPSA) is 72.5 Å². The Bertz CT molecular complexity index is 467. The summed E-state index contributed by atoms with van der Waals surface area (Å²) >= 11 is 0. The van der Waals surface area contributed by atoms with E-state index in [1.807, 2.05) is 0 Å². The summed E-state index contributed by atoms with van der Waals surface area (Å²) in [6.45, 7) is 4.78. The monoisotopic (exact) mass is 245 g/mol. The highest BCUT2D eigenvalue weighted by atomic mass is 19.1. The molecule has 1 aromatic carbocycles. The third-order valence-corrected chi connectivity index (χ3v) is 1.82. The Morgan fingerprint density at radius 3 is 2.35 bits per heavy atom. The van der Waals surface area contributed by atoms with Crippen LogP contribution in [0.5, 0.6) is 5.75 Å². The van der Waals surface area contributed by atoms with Gasteiger partial charge in [-0.1, -0.05) is 0 Å². The molecule has 0 aliphatic heterocycles. The van der Waals surface area contributed by atoms with E-state index in [4.69, 9.17) is 15.6 Å². The molecule has 0 saturated carbocycles. The zero-order valence-corrected chi connectivity index (χ0v) is 9.67. The molecule has 0 atom stereocenters. The summed E-state index contributed by atoms with van der Waals surface area (Å²) in [6, 6.07) is 0.790. The normalized spacial score (nSPS) is 11.4. The molecular formula is C11H13F2NO3. The minimum Gasteiger partial charge on any atom is -0.503 e. The number of carbonyl (C=O) groups is 1. The van der Waals surface area contributed by atoms with Crippen LogP contribution in [0.25, 0.3) is 0 Å². The van der Waals surface area contributed by atoms with Gasteiger partial charge in [0, 0.05) is 0 Å². The molecule has 17 heavy (non-hydrogen) atoms. The first kappa shape index (κ1) is 13.2. The van der Waals surface area contributed by atoms with Crippen LogP contribution in [0.4, 0.5) is 14.5 Å². The molecule has 94 valence electrons. The predicted octanol–water partition coefficient (Wildman–Crippen LogP) is 2.21. The molecule has 1 aromatic rings. The van der Waals surface area contributed by atoms with Crippen molar-refractivity contribution in [1.29, 1.82) is 0 Å². The number of hydrogen-bond acceptors (Lipinski definition) is 4. The van der Waals surface area contributed by atoms with Crippen molar-refractivity contribution in [2.75, 3.05) is 5.73 Å². The molecule has 3 N–H and O–H groups in total. The summed E-state index contributed by atoms with van der Waals surface area (Å²) in [5.74, 6) is -4.98. The van der Waals surface area contributed by atoms with Crippen molar-refractivity contribution < 1.29 is 23.4 Å². The van der Waals surface area contributed by atoms with Crippen molar-refractivity contribution in [1.82, 2.24) is 0 Å². The molecule has 0 aliphatic rings. The van der Waals surface area contributed by atoms with E-state index in [9.17, 15) is 13.6 Å². The molecule has 0 heterocycles. The SMILES string of the molecule is CC(C)(C)OC(=O)c1cc(N)c(F)c(O)c1F. The molecule has 6 heteroatoms. The number of halogens is 2. The first-order chi connectivity index (χ1) is 7.63. The molecule has 0 amide bonds. The van der Waals surface area contributed by atoms with Gasteiger partial charge in [0.25, 0.3) is 0 Å². The third-order valence-electron chi connectivity index (χ3n) is 1.82. The first-order valence-corrected chi connectivity index (χ1v) is 4.83. The van der Waals surface area contributed by atoms with E-state index in [0.29, 0.717) is 0 Å². The molecule has 0 saturated heterocycles. The summed E-state index contributed by atoms with van der Waals surface area (Å²) in [7, 11) is 0. The quantitative estimate of drug-likeness (QED) is 0.587. The van der Waals surface area contributed by atoms with E-state index in [2.05, 4.69) is 0 Å². The highest BCUT2D eigenvalue weighted by Crippen LogP contribution is 2.29. The fourth-order valence-corrected chi connectivity index (χ4v) is 1.12. The molecule has 0 aromatic heterocycles. The third kappa shape index (κ3) is 2.83. The number of phenols is 1. The Balaban J connectivity index is 3.20. The van der Waals surface area contributed by atoms with E-state index in [1.54, 1.807) is 20.8 Å². The summed E-state index contributed by atoms with van der Waals surface area (Å²) in [5, 5.41) is 9.08. The Labute approximate surface area is 97.0 Å². The van der Waals surface area contributed by atoms with Gasteiger partial charge in [-0.3, -0.25) is 0 Å². The van der Waals surface area contributed by atoms with Gasteiger partial charge in [-0.15, -0.1) is 0 Å². The van der Waals surface area contributed by atoms with E-state index < -0.39 is 40.2 Å². The maximum absolute atomic E-state index is 13.4. The van der Waals surface area contributed by atoms with Gasteiger partial charge in [0.1, 0.15) is 11.2 Å². The van der Waals surface area contributed by atoms with Gasteiger partial charge in [0.2, 0.25) is 0 Å². The van der Waals surface area contributed by atoms with Crippen molar-refractivity contribution in [3.63, 3.8) is 0 Å². The van der Waals surface area contributed by atoms with Crippen molar-refractivity contribution >= 4 is 11.7 Å². The van der Waals surface area contributed by atoms with Gasteiger partial charge in [-0.25, -0.2) is 13.6 Å². The molecule has 0 radical (unpaired) electrons. The standard InChI is InChI=1S/C11H13F2NO3/c1-11(2,3)17-10(16)5-4-6(14)8(13)9(15)7(5)12/h4,15H,14H2,1-3H3. The van der Waals surface area contributed by atoms with Gasteiger partial charge >= 0.3 is 5.97 Å². The van der Waals surface area contributed by atoms with E-state index in [0.717, 1.165) is 6.07 Å². The smallest absolute Gasteiger partial charge is 0.341 e. The minimum atomic E-state index is -1.38. The number of anilines is 1. The number of ether oxygens (including phenoxy) is 1. The summed E-state index contributed by atoms with van der Waals surface area (Å²) < 4.78 is 31.3. The van der Waals surface area contributed by atoms with Gasteiger partial charge in [-0.05, 0) is 26.8 Å². The zero-order chi connectivity index (χ0) is 13.4. The van der Waals surface area contributed by atoms with Crippen LogP contribution in [-0.4, -0.2) is 16.7 Å². The molecule has 0 aliphatic carbocycles. The number of esters is 1. The summed E-state index contributed by atoms with van der Waals surface area (Å²) in [6.07, 6.45) is 0. The minimum absolute atomic E-state index is 0.523. The second-order valence-corrected chi connectivity index (χ2v) is 4.49. The van der Waals surface area contributed by atoms with Crippen LogP contribution in [-0.2, 0) is 4.74 Å². The number of rotatable bonds is 1. The van der Waals surface area contributed by atoms with Gasteiger partial charge in [-0.2, -0.15) is 0 Å². The Hall–Kier alpha value is -1.85. The number of hydrogen-bond donors (Lipinski definition) is 2. The number of nitrogens with two attached hydrogens (primary N) is 1. The van der Waals surface area contributed by atoms with Crippen LogP contribution in [0.15, 0.2) is 6.07 Å². The lowest BCUT2D eigenvalue weighted by Crippen LogP contribution is -2.24. The lowest BCUT2D eigenvalue weighted by molar-refractivity contribution is 0.00638. The molecule has 0 fully saturated rings. The van der Waals surface area contributed by atoms with Crippen LogP contribution in [0.1, 0.15) is 31.1 Å². The van der Waals surface area contributed by atoms with Crippen LogP contribution in [0, 0.1) is 11.6 Å². The molecular weight excluding hydrogens is 232 g/mol. The van der Waals surface area contributed by atoms with E-state index in [1.165, 1.54) is 0 Å². The van der Waals surface area contributed by atoms with Crippen LogP contribution >= 0.6 is 0 Å². The molecule has 0 unspecified atom stereocenters. The molecule has 1 rings (SSSR count). The van der Waals surface area contributed by atoms with Crippen molar-refractivity contribution in [2.24, 2.45) is 0 Å². The fraction of sp³-hybridized carbons (Fsp3) is 0.364. The largest absolute Gasteiger partial charge is 0.503 e. The van der Waals surface area contributed by atoms with E-state index in [-0.39, 0.29) is 0 Å². The average Bonchev–Trinajstić information content (AvgIpc) is 2.17. The highest BCUT2D eigenvalue weighted by Gasteiger charge is 2.25. The Morgan fingerprint density at radius 2 is 1.88 bits per heavy atom. The lowest BCUT2D eigenvalue weighted by atomic mass is 10.1. The zero-order valence-electron chi connectivity index (χ0n) is 9.67. The summed E-state index contributed by atoms with van der Waals surface area (Å²) in [5.41, 5.74) is 3.23. The van der Waals surface area contributed by atoms with Crippen LogP contribution in [0.2, 0.25) is 0 Å². The Kier molecular flexibility index (Phi) is 3.26. The van der Waals surface area contributed by atoms with Crippen molar-refractivity contribution in [2.45, 2.75) is 26.4 Å². The lowest BCUT2D eigenvalue weighted by Gasteiger charge is -2.20. The number of benzene rings is 1. The van der Waals surface area contributed by atoms with Gasteiger partial charge < -0.3 is 15.6 Å². The molecule has 0 spiro atoms. The number of carbonyl (C=O) groups excluding carboxylic acids is 1. The number of nitrogen functional groups attached to an aromatic ring is 1. The van der Waals surface area contributed by atoms with Gasteiger partial charge in [0.15, 0.2) is 17.4 Å². The Morgan fingerprint density at radius 1 is 1.35 bits per heavy atom. The van der Waals surface area contributed by atoms with Crippen LogP contribution in [0.3, 0.4) is 0 Å². The predicted molar refractivity (Wildman–Crippen MR) is 57.6 cm³/mol. The summed E-state index contributed by atoms with van der Waals surface area (Å²) in [4.78, 5) is 11.5.